The monoisotopic (exact) mass is 618 g/mol. The van der Waals surface area contributed by atoms with Crippen molar-refractivity contribution in [3.05, 3.63) is 59.2 Å². The van der Waals surface area contributed by atoms with Gasteiger partial charge in [0.05, 0.1) is 13.2 Å². The number of allylic oxidation sites excluding steroid dienone is 2. The molecule has 44 heavy (non-hydrogen) atoms. The zero-order chi connectivity index (χ0) is 34.0. The van der Waals surface area contributed by atoms with Crippen LogP contribution < -0.4 is 11.2 Å². The number of hydrogen-bond donors (Lipinski definition) is 2. The van der Waals surface area contributed by atoms with Gasteiger partial charge in [-0.25, -0.2) is 0 Å². The molecular formula is C37H71N5O2. The van der Waals surface area contributed by atoms with Crippen molar-refractivity contribution in [3.63, 3.8) is 0 Å². The minimum absolute atomic E-state index is 0.478. The van der Waals surface area contributed by atoms with Crippen LogP contribution in [0.5, 0.6) is 0 Å². The second-order valence-electron chi connectivity index (χ2n) is 10.2. The molecule has 256 valence electrons. The zero-order valence-electron chi connectivity index (χ0n) is 30.5. The Balaban J connectivity index is -0.000000600. The van der Waals surface area contributed by atoms with E-state index < -0.39 is 0 Å². The van der Waals surface area contributed by atoms with Gasteiger partial charge in [0.2, 0.25) is 0 Å². The Morgan fingerprint density at radius 1 is 0.909 bits per heavy atom. The van der Waals surface area contributed by atoms with Crippen LogP contribution in [0.2, 0.25) is 0 Å². The fourth-order valence-corrected chi connectivity index (χ4v) is 4.32. The van der Waals surface area contributed by atoms with Gasteiger partial charge in [0.1, 0.15) is 6.79 Å². The Morgan fingerprint density at radius 2 is 1.50 bits per heavy atom. The van der Waals surface area contributed by atoms with Crippen LogP contribution in [-0.4, -0.2) is 88.4 Å². The average molecular weight is 618 g/mol. The van der Waals surface area contributed by atoms with E-state index >= 15 is 0 Å². The van der Waals surface area contributed by atoms with Gasteiger partial charge in [0.15, 0.2) is 0 Å². The number of likely N-dealkylation sites (tertiary alicyclic amines) is 1. The first-order chi connectivity index (χ1) is 21.5. The first kappa shape index (κ1) is 46.1. The minimum atomic E-state index is 0.478. The first-order valence-corrected chi connectivity index (χ1v) is 17.2. The molecule has 3 heterocycles. The molecule has 0 bridgehead atoms. The summed E-state index contributed by atoms with van der Waals surface area (Å²) in [5, 5.41) is 4.58. The van der Waals surface area contributed by atoms with Gasteiger partial charge >= 0.3 is 0 Å². The molecule has 0 atom stereocenters. The van der Waals surface area contributed by atoms with Crippen LogP contribution in [0.1, 0.15) is 99.0 Å². The molecule has 7 heteroatoms. The molecule has 4 rings (SSSR count). The van der Waals surface area contributed by atoms with Crippen molar-refractivity contribution in [2.45, 2.75) is 106 Å². The van der Waals surface area contributed by atoms with Crippen molar-refractivity contribution in [2.24, 2.45) is 10.8 Å². The summed E-state index contributed by atoms with van der Waals surface area (Å²) in [5.41, 5.74) is 14.3. The molecule has 0 spiro atoms. The van der Waals surface area contributed by atoms with Gasteiger partial charge in [0, 0.05) is 37.7 Å². The third kappa shape index (κ3) is 26.1. The number of rotatable bonds is 3. The van der Waals surface area contributed by atoms with Crippen LogP contribution in [0.3, 0.4) is 0 Å². The summed E-state index contributed by atoms with van der Waals surface area (Å²) in [7, 11) is 4.34. The fourth-order valence-electron chi connectivity index (χ4n) is 4.32. The van der Waals surface area contributed by atoms with E-state index in [0.29, 0.717) is 6.04 Å². The van der Waals surface area contributed by atoms with Crippen molar-refractivity contribution in [2.75, 3.05) is 60.0 Å². The Hall–Kier alpha value is -2.32. The molecule has 7 nitrogen and oxygen atoms in total. The summed E-state index contributed by atoms with van der Waals surface area (Å²) >= 11 is 0. The molecule has 0 saturated carbocycles. The van der Waals surface area contributed by atoms with Gasteiger partial charge < -0.3 is 30.5 Å². The molecule has 1 aromatic carbocycles. The Bertz CT molecular complexity index is 808. The van der Waals surface area contributed by atoms with Crippen molar-refractivity contribution in [1.82, 2.24) is 15.2 Å². The van der Waals surface area contributed by atoms with Crippen LogP contribution in [0.15, 0.2) is 58.7 Å². The summed E-state index contributed by atoms with van der Waals surface area (Å²) in [6.07, 6.45) is 12.3. The van der Waals surface area contributed by atoms with Gasteiger partial charge in [-0.3, -0.25) is 0 Å². The summed E-state index contributed by atoms with van der Waals surface area (Å²) in [5.74, 6) is 0. The van der Waals surface area contributed by atoms with E-state index in [2.05, 4.69) is 72.6 Å². The quantitative estimate of drug-likeness (QED) is 0.362. The number of hydrogen-bond acceptors (Lipinski definition) is 7. The normalized spacial score (nSPS) is 20.2. The Morgan fingerprint density at radius 3 is 2.02 bits per heavy atom. The molecule has 0 radical (unpaired) electrons. The number of aryl methyl sites for hydroxylation is 1. The largest absolute Gasteiger partial charge is 0.376 e. The Kier molecular flexibility index (Phi) is 36.8. The number of nitrogens with one attached hydrogen (secondary N) is 1. The van der Waals surface area contributed by atoms with Gasteiger partial charge in [-0.2, -0.15) is 5.10 Å². The second kappa shape index (κ2) is 35.2. The van der Waals surface area contributed by atoms with E-state index in [1.807, 2.05) is 66.5 Å². The lowest BCUT2D eigenvalue weighted by atomic mass is 9.98. The Labute approximate surface area is 273 Å². The van der Waals surface area contributed by atoms with Crippen molar-refractivity contribution in [3.8, 4) is 0 Å². The van der Waals surface area contributed by atoms with E-state index in [9.17, 15) is 0 Å². The van der Waals surface area contributed by atoms with Crippen LogP contribution >= 0.6 is 0 Å². The summed E-state index contributed by atoms with van der Waals surface area (Å²) < 4.78 is 5.57. The van der Waals surface area contributed by atoms with Crippen LogP contribution in [0.4, 0.5) is 0 Å². The number of nitrogens with two attached hydrogens (primary N) is 1. The molecule has 3 aliphatic heterocycles. The highest BCUT2D eigenvalue weighted by molar-refractivity contribution is 5.86. The van der Waals surface area contributed by atoms with Gasteiger partial charge in [0.25, 0.3) is 0 Å². The number of piperidine rings is 1. The molecule has 3 aliphatic rings. The molecular weight excluding hydrogens is 546 g/mol. The maximum Gasteiger partial charge on any atom is 0.106 e. The zero-order valence-corrected chi connectivity index (χ0v) is 30.5. The SMILES string of the molecule is C=O.CC.CC.CC.CC/C=C1/COCC/C1=C/C/C1=N/NCCCN(C)CC1.CN1CCC(N)CC1.Cc1ccccc1. The van der Waals surface area contributed by atoms with E-state index in [4.69, 9.17) is 15.3 Å². The summed E-state index contributed by atoms with van der Waals surface area (Å²) in [6.45, 7) is 25.5. The van der Waals surface area contributed by atoms with E-state index in [1.54, 1.807) is 0 Å². The number of hydrazone groups is 1. The molecule has 1 aromatic rings. The molecule has 0 aromatic heterocycles. The molecule has 3 N–H and O–H groups in total. The molecule has 0 amide bonds. The molecule has 2 fully saturated rings. The number of ether oxygens (including phenoxy) is 1. The fraction of sp³-hybridized carbons (Fsp3) is 0.676. The predicted molar refractivity (Wildman–Crippen MR) is 196 cm³/mol. The number of carbonyl (C=O) groups excluding carboxylic acids is 1. The average Bonchev–Trinajstić information content (AvgIpc) is 3.18. The van der Waals surface area contributed by atoms with E-state index in [1.165, 1.54) is 48.4 Å². The maximum atomic E-state index is 8.00. The highest BCUT2D eigenvalue weighted by Gasteiger charge is 2.13. The van der Waals surface area contributed by atoms with E-state index in [-0.39, 0.29) is 0 Å². The van der Waals surface area contributed by atoms with Crippen LogP contribution in [0.25, 0.3) is 0 Å². The number of carbonyl (C=O) groups is 1. The molecule has 0 unspecified atom stereocenters. The van der Waals surface area contributed by atoms with Crippen molar-refractivity contribution in [1.29, 1.82) is 0 Å². The smallest absolute Gasteiger partial charge is 0.106 e. The lowest BCUT2D eigenvalue weighted by Gasteiger charge is -2.25. The number of nitrogens with zero attached hydrogens (tertiary/aromatic N) is 3. The standard InChI is InChI=1S/C17H29N3O.C7H8.C6H14N2.3C2H6.CH2O/c1-3-5-16-14-21-13-9-15(16)6-7-17-8-12-20(2)11-4-10-18-19-17;1-7-5-3-2-4-6-7;1-8-4-2-6(7)3-5-8;4*1-2/h5-6,18H,3-4,7-14H2,1-2H3;2-6H,1H3;6H,2-5,7H2,1H3;3*1-2H3;1H2/b15-6-,16-5-,19-17-;;;;;;. The topological polar surface area (TPSA) is 83.2 Å². The van der Waals surface area contributed by atoms with Crippen LogP contribution in [-0.2, 0) is 9.53 Å². The van der Waals surface area contributed by atoms with Gasteiger partial charge in [-0.15, -0.1) is 0 Å². The van der Waals surface area contributed by atoms with Gasteiger partial charge in [-0.1, -0.05) is 96.5 Å². The lowest BCUT2D eigenvalue weighted by molar-refractivity contribution is -0.0980. The second-order valence-corrected chi connectivity index (χ2v) is 10.2. The highest BCUT2D eigenvalue weighted by Crippen LogP contribution is 2.21. The third-order valence-corrected chi connectivity index (χ3v) is 6.77. The molecule has 2 saturated heterocycles. The van der Waals surface area contributed by atoms with Crippen LogP contribution in [0, 0.1) is 6.92 Å². The van der Waals surface area contributed by atoms with Crippen molar-refractivity contribution >= 4 is 12.5 Å². The molecule has 0 aliphatic carbocycles. The lowest BCUT2D eigenvalue weighted by Crippen LogP contribution is -2.37. The third-order valence-electron chi connectivity index (χ3n) is 6.77. The van der Waals surface area contributed by atoms with E-state index in [0.717, 1.165) is 65.0 Å². The van der Waals surface area contributed by atoms with Gasteiger partial charge in [-0.05, 0) is 83.9 Å². The minimum Gasteiger partial charge on any atom is -0.376 e. The summed E-state index contributed by atoms with van der Waals surface area (Å²) in [4.78, 5) is 12.7. The first-order valence-electron chi connectivity index (χ1n) is 17.2. The van der Waals surface area contributed by atoms with Crippen molar-refractivity contribution < 1.29 is 9.53 Å². The predicted octanol–water partition coefficient (Wildman–Crippen LogP) is 7.66. The maximum absolute atomic E-state index is 8.00. The highest BCUT2D eigenvalue weighted by atomic mass is 16.5. The number of benzene rings is 1. The summed E-state index contributed by atoms with van der Waals surface area (Å²) in [6, 6.07) is 10.7.